The third kappa shape index (κ3) is 7.17. The average Bonchev–Trinajstić information content (AvgIpc) is 2.38. The summed E-state index contributed by atoms with van der Waals surface area (Å²) in [7, 11) is 0. The number of hydrogen-bond donors (Lipinski definition) is 1. The number of nitrogen functional groups attached to an aromatic ring is 1. The van der Waals surface area contributed by atoms with Crippen LogP contribution in [0.1, 0.15) is 66.1 Å². The SMILES string of the molecule is C.CC(C)(C)c1cnc(N)cn1.Cc1ncc(C(C)(C)C)cn1. The van der Waals surface area contributed by atoms with Gasteiger partial charge < -0.3 is 5.73 Å². The second-order valence-corrected chi connectivity index (χ2v) is 7.35. The Morgan fingerprint density at radius 2 is 1.26 bits per heavy atom. The fourth-order valence-corrected chi connectivity index (χ4v) is 1.51. The Morgan fingerprint density at radius 1 is 0.739 bits per heavy atom. The van der Waals surface area contributed by atoms with Crippen LogP contribution in [0.4, 0.5) is 5.82 Å². The molecule has 0 atom stereocenters. The van der Waals surface area contributed by atoms with E-state index in [0.29, 0.717) is 5.82 Å². The zero-order valence-corrected chi connectivity index (χ0v) is 14.7. The van der Waals surface area contributed by atoms with Crippen molar-refractivity contribution in [2.45, 2.75) is 66.7 Å². The minimum atomic E-state index is 0. The fourth-order valence-electron chi connectivity index (χ4n) is 1.51. The molecule has 0 saturated heterocycles. The van der Waals surface area contributed by atoms with Gasteiger partial charge in [-0.05, 0) is 17.9 Å². The van der Waals surface area contributed by atoms with Crippen molar-refractivity contribution in [2.24, 2.45) is 0 Å². The molecule has 0 aliphatic carbocycles. The number of nitrogens with two attached hydrogens (primary N) is 1. The maximum Gasteiger partial charge on any atom is 0.141 e. The molecular formula is C18H31N5. The summed E-state index contributed by atoms with van der Waals surface area (Å²) in [6, 6.07) is 0. The van der Waals surface area contributed by atoms with Crippen LogP contribution in [0.5, 0.6) is 0 Å². The molecule has 0 unspecified atom stereocenters. The summed E-state index contributed by atoms with van der Waals surface area (Å²) in [5, 5.41) is 0. The van der Waals surface area contributed by atoms with E-state index in [1.165, 1.54) is 5.56 Å². The predicted octanol–water partition coefficient (Wildman–Crippen LogP) is 4.07. The third-order valence-electron chi connectivity index (χ3n) is 3.09. The lowest BCUT2D eigenvalue weighted by Gasteiger charge is -2.17. The summed E-state index contributed by atoms with van der Waals surface area (Å²) in [5.74, 6) is 1.30. The molecule has 0 aliphatic rings. The van der Waals surface area contributed by atoms with Crippen molar-refractivity contribution >= 4 is 5.82 Å². The Hall–Kier alpha value is -2.04. The second-order valence-electron chi connectivity index (χ2n) is 7.35. The highest BCUT2D eigenvalue weighted by molar-refractivity contribution is 5.24. The van der Waals surface area contributed by atoms with E-state index in [4.69, 9.17) is 5.73 Å². The van der Waals surface area contributed by atoms with Crippen molar-refractivity contribution < 1.29 is 0 Å². The van der Waals surface area contributed by atoms with Gasteiger partial charge in [-0.2, -0.15) is 0 Å². The number of hydrogen-bond acceptors (Lipinski definition) is 5. The minimum Gasteiger partial charge on any atom is -0.382 e. The molecule has 2 rings (SSSR count). The molecule has 5 heteroatoms. The van der Waals surface area contributed by atoms with Gasteiger partial charge in [-0.25, -0.2) is 15.0 Å². The van der Waals surface area contributed by atoms with E-state index >= 15 is 0 Å². The molecule has 0 saturated carbocycles. The van der Waals surface area contributed by atoms with E-state index in [2.05, 4.69) is 61.5 Å². The van der Waals surface area contributed by atoms with Crippen molar-refractivity contribution in [3.8, 4) is 0 Å². The van der Waals surface area contributed by atoms with E-state index in [9.17, 15) is 0 Å². The summed E-state index contributed by atoms with van der Waals surface area (Å²) in [6.45, 7) is 14.6. The molecule has 0 radical (unpaired) electrons. The highest BCUT2D eigenvalue weighted by Crippen LogP contribution is 2.19. The van der Waals surface area contributed by atoms with Crippen molar-refractivity contribution in [3.63, 3.8) is 0 Å². The standard InChI is InChI=1S/C9H14N2.C8H13N3.CH4/c1-7-10-5-8(6-11-7)9(2,3)4;1-8(2,3)6-4-11-7(9)5-10-6;/h5-6H,1-4H3;4-5H,1-3H3,(H2,9,11);1H4. The minimum absolute atomic E-state index is 0. The first kappa shape index (κ1) is 21.0. The highest BCUT2D eigenvalue weighted by Gasteiger charge is 2.15. The van der Waals surface area contributed by atoms with Crippen LogP contribution in [0.2, 0.25) is 0 Å². The summed E-state index contributed by atoms with van der Waals surface area (Å²) in [4.78, 5) is 16.4. The molecule has 0 spiro atoms. The summed E-state index contributed by atoms with van der Waals surface area (Å²) in [6.07, 6.45) is 7.08. The van der Waals surface area contributed by atoms with E-state index in [1.54, 1.807) is 12.4 Å². The second kappa shape index (κ2) is 7.99. The Bertz CT molecular complexity index is 519. The van der Waals surface area contributed by atoms with Gasteiger partial charge in [0.05, 0.1) is 18.1 Å². The van der Waals surface area contributed by atoms with Gasteiger partial charge in [0.1, 0.15) is 11.6 Å². The smallest absolute Gasteiger partial charge is 0.141 e. The molecular weight excluding hydrogens is 286 g/mol. The van der Waals surface area contributed by atoms with E-state index in [0.717, 1.165) is 11.5 Å². The maximum absolute atomic E-state index is 5.40. The Kier molecular flexibility index (Phi) is 7.28. The lowest BCUT2D eigenvalue weighted by Crippen LogP contribution is -2.13. The number of aryl methyl sites for hydroxylation is 1. The number of aromatic nitrogens is 4. The van der Waals surface area contributed by atoms with E-state index in [-0.39, 0.29) is 18.3 Å². The van der Waals surface area contributed by atoms with Crippen molar-refractivity contribution in [1.82, 2.24) is 19.9 Å². The topological polar surface area (TPSA) is 77.6 Å². The molecule has 0 bridgehead atoms. The molecule has 2 heterocycles. The number of anilines is 1. The first-order chi connectivity index (χ1) is 10.00. The lowest BCUT2D eigenvalue weighted by molar-refractivity contribution is 0.566. The van der Waals surface area contributed by atoms with Gasteiger partial charge >= 0.3 is 0 Å². The largest absolute Gasteiger partial charge is 0.382 e. The Morgan fingerprint density at radius 3 is 1.61 bits per heavy atom. The predicted molar refractivity (Wildman–Crippen MR) is 97.3 cm³/mol. The van der Waals surface area contributed by atoms with Gasteiger partial charge in [-0.15, -0.1) is 0 Å². The maximum atomic E-state index is 5.40. The van der Waals surface area contributed by atoms with Gasteiger partial charge in [0.2, 0.25) is 0 Å². The lowest BCUT2D eigenvalue weighted by atomic mass is 9.89. The van der Waals surface area contributed by atoms with Gasteiger partial charge in [-0.3, -0.25) is 4.98 Å². The average molecular weight is 317 g/mol. The van der Waals surface area contributed by atoms with Crippen LogP contribution in [0.25, 0.3) is 0 Å². The van der Waals surface area contributed by atoms with Gasteiger partial charge in [0.25, 0.3) is 0 Å². The summed E-state index contributed by atoms with van der Waals surface area (Å²) in [5.41, 5.74) is 7.76. The molecule has 0 aliphatic heterocycles. The van der Waals surface area contributed by atoms with Crippen molar-refractivity contribution in [3.05, 3.63) is 41.9 Å². The Balaban J connectivity index is 0.000000403. The van der Waals surface area contributed by atoms with E-state index < -0.39 is 0 Å². The molecule has 0 fully saturated rings. The highest BCUT2D eigenvalue weighted by atomic mass is 14.9. The van der Waals surface area contributed by atoms with Gasteiger partial charge in [-0.1, -0.05) is 49.0 Å². The molecule has 2 aromatic rings. The van der Waals surface area contributed by atoms with Gasteiger partial charge in [0, 0.05) is 17.8 Å². The first-order valence-electron chi connectivity index (χ1n) is 7.37. The van der Waals surface area contributed by atoms with Crippen LogP contribution >= 0.6 is 0 Å². The fraction of sp³-hybridized carbons (Fsp3) is 0.556. The van der Waals surface area contributed by atoms with Gasteiger partial charge in [0.15, 0.2) is 0 Å². The van der Waals surface area contributed by atoms with Crippen LogP contribution < -0.4 is 5.73 Å². The van der Waals surface area contributed by atoms with Crippen LogP contribution in [0, 0.1) is 6.92 Å². The van der Waals surface area contributed by atoms with Crippen LogP contribution in [0.3, 0.4) is 0 Å². The number of nitrogens with zero attached hydrogens (tertiary/aromatic N) is 4. The zero-order valence-electron chi connectivity index (χ0n) is 14.7. The van der Waals surface area contributed by atoms with Crippen molar-refractivity contribution in [2.75, 3.05) is 5.73 Å². The van der Waals surface area contributed by atoms with Crippen LogP contribution in [-0.4, -0.2) is 19.9 Å². The Labute approximate surface area is 140 Å². The summed E-state index contributed by atoms with van der Waals surface area (Å²) >= 11 is 0. The molecule has 2 N–H and O–H groups in total. The van der Waals surface area contributed by atoms with Crippen LogP contribution in [-0.2, 0) is 10.8 Å². The van der Waals surface area contributed by atoms with Crippen molar-refractivity contribution in [1.29, 1.82) is 0 Å². The van der Waals surface area contributed by atoms with E-state index in [1.807, 2.05) is 19.3 Å². The quantitative estimate of drug-likeness (QED) is 0.792. The molecule has 5 nitrogen and oxygen atoms in total. The molecule has 0 amide bonds. The molecule has 128 valence electrons. The monoisotopic (exact) mass is 317 g/mol. The molecule has 23 heavy (non-hydrogen) atoms. The normalized spacial score (nSPS) is 11.1. The summed E-state index contributed by atoms with van der Waals surface area (Å²) < 4.78 is 0. The molecule has 2 aromatic heterocycles. The van der Waals surface area contributed by atoms with Crippen LogP contribution in [0.15, 0.2) is 24.8 Å². The first-order valence-corrected chi connectivity index (χ1v) is 7.37. The number of rotatable bonds is 0. The zero-order chi connectivity index (χ0) is 17.0. The molecule has 0 aromatic carbocycles. The third-order valence-corrected chi connectivity index (χ3v) is 3.09.